The van der Waals surface area contributed by atoms with Crippen LogP contribution in [-0.4, -0.2) is 25.7 Å². The number of fused-ring (bicyclic) bond motifs is 1. The van der Waals surface area contributed by atoms with E-state index in [0.29, 0.717) is 29.5 Å². The number of nitrogens with zero attached hydrogens (tertiary/aromatic N) is 4. The number of allylic oxidation sites excluding steroid dienone is 1. The van der Waals surface area contributed by atoms with Crippen LogP contribution < -0.4 is 10.6 Å². The summed E-state index contributed by atoms with van der Waals surface area (Å²) in [6.45, 7) is 2.27. The van der Waals surface area contributed by atoms with Gasteiger partial charge in [0.2, 0.25) is 11.9 Å². The number of hydrogen-bond donors (Lipinski definition) is 2. The maximum Gasteiger partial charge on any atom is 0.248 e. The fourth-order valence-electron chi connectivity index (χ4n) is 2.96. The molecule has 0 bridgehead atoms. The third-order valence-corrected chi connectivity index (χ3v) is 4.32. The highest BCUT2D eigenvalue weighted by Crippen LogP contribution is 2.18. The fraction of sp³-hybridized carbons (Fsp3) is 0.0909. The SMILES string of the molecule is CC=CC(=O)Nc1cccc(Cn2ncc3cnc(Nc4ccc(F)cc4)nc32)c1. The second kappa shape index (κ2) is 8.52. The highest BCUT2D eigenvalue weighted by Gasteiger charge is 2.09. The fourth-order valence-corrected chi connectivity index (χ4v) is 2.96. The third kappa shape index (κ3) is 4.49. The van der Waals surface area contributed by atoms with E-state index in [1.54, 1.807) is 42.2 Å². The first kappa shape index (κ1) is 19.3. The molecule has 2 aromatic heterocycles. The molecule has 0 fully saturated rings. The van der Waals surface area contributed by atoms with Gasteiger partial charge in [0.05, 0.1) is 18.1 Å². The van der Waals surface area contributed by atoms with Gasteiger partial charge in [-0.15, -0.1) is 0 Å². The highest BCUT2D eigenvalue weighted by molar-refractivity contribution is 5.99. The summed E-state index contributed by atoms with van der Waals surface area (Å²) >= 11 is 0. The highest BCUT2D eigenvalue weighted by atomic mass is 19.1. The predicted octanol–water partition coefficient (Wildman–Crippen LogP) is 4.27. The van der Waals surface area contributed by atoms with E-state index in [1.165, 1.54) is 18.2 Å². The normalized spacial score (nSPS) is 11.1. The molecule has 0 aliphatic heterocycles. The lowest BCUT2D eigenvalue weighted by atomic mass is 10.2. The second-order valence-corrected chi connectivity index (χ2v) is 6.60. The third-order valence-electron chi connectivity index (χ3n) is 4.32. The zero-order valence-corrected chi connectivity index (χ0v) is 16.2. The molecule has 2 N–H and O–H groups in total. The first-order valence-corrected chi connectivity index (χ1v) is 9.34. The summed E-state index contributed by atoms with van der Waals surface area (Å²) in [7, 11) is 0. The number of nitrogens with one attached hydrogen (secondary N) is 2. The molecular formula is C22H19FN6O. The lowest BCUT2D eigenvalue weighted by Gasteiger charge is -2.08. The zero-order valence-electron chi connectivity index (χ0n) is 16.2. The van der Waals surface area contributed by atoms with Crippen LogP contribution in [0.5, 0.6) is 0 Å². The molecule has 1 amide bonds. The average molecular weight is 402 g/mol. The van der Waals surface area contributed by atoms with Crippen LogP contribution in [-0.2, 0) is 11.3 Å². The van der Waals surface area contributed by atoms with Gasteiger partial charge >= 0.3 is 0 Å². The first-order valence-electron chi connectivity index (χ1n) is 9.34. The zero-order chi connectivity index (χ0) is 20.9. The van der Waals surface area contributed by atoms with Gasteiger partial charge in [-0.25, -0.2) is 14.1 Å². The number of hydrogen-bond acceptors (Lipinski definition) is 5. The summed E-state index contributed by atoms with van der Waals surface area (Å²) in [4.78, 5) is 20.6. The van der Waals surface area contributed by atoms with Gasteiger partial charge in [-0.2, -0.15) is 10.1 Å². The molecule has 150 valence electrons. The van der Waals surface area contributed by atoms with Crippen molar-refractivity contribution < 1.29 is 9.18 Å². The van der Waals surface area contributed by atoms with Crippen molar-refractivity contribution in [1.82, 2.24) is 19.7 Å². The number of aromatic nitrogens is 4. The van der Waals surface area contributed by atoms with E-state index >= 15 is 0 Å². The van der Waals surface area contributed by atoms with Crippen LogP contribution in [0, 0.1) is 5.82 Å². The molecule has 7 nitrogen and oxygen atoms in total. The molecule has 0 radical (unpaired) electrons. The number of carbonyl (C=O) groups is 1. The molecule has 0 spiro atoms. The van der Waals surface area contributed by atoms with Gasteiger partial charge in [-0.05, 0) is 55.0 Å². The number of halogens is 1. The largest absolute Gasteiger partial charge is 0.324 e. The molecule has 4 aromatic rings. The van der Waals surface area contributed by atoms with Crippen LogP contribution in [0.1, 0.15) is 12.5 Å². The van der Waals surface area contributed by atoms with Gasteiger partial charge in [0.1, 0.15) is 5.82 Å². The number of carbonyl (C=O) groups excluding carboxylic acids is 1. The van der Waals surface area contributed by atoms with E-state index in [4.69, 9.17) is 0 Å². The van der Waals surface area contributed by atoms with Gasteiger partial charge in [-0.3, -0.25) is 4.79 Å². The van der Waals surface area contributed by atoms with Crippen molar-refractivity contribution in [2.24, 2.45) is 0 Å². The average Bonchev–Trinajstić information content (AvgIpc) is 3.12. The molecule has 0 unspecified atom stereocenters. The molecule has 2 heterocycles. The molecule has 0 aliphatic carbocycles. The lowest BCUT2D eigenvalue weighted by molar-refractivity contribution is -0.111. The minimum absolute atomic E-state index is 0.177. The molecule has 30 heavy (non-hydrogen) atoms. The Morgan fingerprint density at radius 3 is 2.77 bits per heavy atom. The standard InChI is InChI=1S/C22H19FN6O/c1-2-4-20(30)26-19-6-3-5-15(11-19)14-29-21-16(13-25-29)12-24-22(28-21)27-18-9-7-17(23)8-10-18/h2-13H,14H2,1H3,(H,26,30)(H,24,27,28). The minimum atomic E-state index is -0.306. The van der Waals surface area contributed by atoms with E-state index in [9.17, 15) is 9.18 Å². The monoisotopic (exact) mass is 402 g/mol. The molecule has 2 aromatic carbocycles. The summed E-state index contributed by atoms with van der Waals surface area (Å²) in [5.74, 6) is -0.0919. The van der Waals surface area contributed by atoms with E-state index < -0.39 is 0 Å². The van der Waals surface area contributed by atoms with Gasteiger partial charge in [0.15, 0.2) is 5.65 Å². The molecular weight excluding hydrogens is 383 g/mol. The Kier molecular flexibility index (Phi) is 5.47. The van der Waals surface area contributed by atoms with Crippen LogP contribution in [0.25, 0.3) is 11.0 Å². The quantitative estimate of drug-likeness (QED) is 0.471. The van der Waals surface area contributed by atoms with Crippen LogP contribution >= 0.6 is 0 Å². The van der Waals surface area contributed by atoms with Gasteiger partial charge in [0.25, 0.3) is 0 Å². The summed E-state index contributed by atoms with van der Waals surface area (Å²) < 4.78 is 14.9. The number of benzene rings is 2. The predicted molar refractivity (Wildman–Crippen MR) is 114 cm³/mol. The van der Waals surface area contributed by atoms with Gasteiger partial charge in [-0.1, -0.05) is 18.2 Å². The van der Waals surface area contributed by atoms with E-state index in [-0.39, 0.29) is 11.7 Å². The van der Waals surface area contributed by atoms with Crippen LogP contribution in [0.4, 0.5) is 21.7 Å². The Balaban J connectivity index is 1.56. The summed E-state index contributed by atoms with van der Waals surface area (Å²) in [6.07, 6.45) is 6.55. The lowest BCUT2D eigenvalue weighted by Crippen LogP contribution is -2.09. The second-order valence-electron chi connectivity index (χ2n) is 6.60. The van der Waals surface area contributed by atoms with Crippen molar-refractivity contribution in [2.45, 2.75) is 13.5 Å². The molecule has 0 saturated heterocycles. The van der Waals surface area contributed by atoms with Gasteiger partial charge < -0.3 is 10.6 Å². The Labute approximate surface area is 172 Å². The van der Waals surface area contributed by atoms with Crippen molar-refractivity contribution in [2.75, 3.05) is 10.6 Å². The first-order chi connectivity index (χ1) is 14.6. The number of amides is 1. The molecule has 8 heteroatoms. The van der Waals surface area contributed by atoms with Crippen molar-refractivity contribution >= 4 is 34.3 Å². The van der Waals surface area contributed by atoms with Crippen molar-refractivity contribution in [3.8, 4) is 0 Å². The van der Waals surface area contributed by atoms with Crippen LogP contribution in [0.2, 0.25) is 0 Å². The van der Waals surface area contributed by atoms with Crippen LogP contribution in [0.3, 0.4) is 0 Å². The Morgan fingerprint density at radius 1 is 1.13 bits per heavy atom. The molecule has 0 atom stereocenters. The Hall–Kier alpha value is -4.07. The van der Waals surface area contributed by atoms with Crippen molar-refractivity contribution in [1.29, 1.82) is 0 Å². The van der Waals surface area contributed by atoms with Gasteiger partial charge in [0, 0.05) is 17.6 Å². The molecule has 0 aliphatic rings. The number of rotatable bonds is 6. The smallest absolute Gasteiger partial charge is 0.248 e. The van der Waals surface area contributed by atoms with E-state index in [2.05, 4.69) is 25.7 Å². The van der Waals surface area contributed by atoms with E-state index in [1.807, 2.05) is 24.3 Å². The Bertz CT molecular complexity index is 1220. The number of anilines is 3. The van der Waals surface area contributed by atoms with E-state index in [0.717, 1.165) is 10.9 Å². The summed E-state index contributed by atoms with van der Waals surface area (Å²) in [5.41, 5.74) is 3.02. The molecule has 4 rings (SSSR count). The molecule has 0 saturated carbocycles. The maximum atomic E-state index is 13.1. The topological polar surface area (TPSA) is 84.7 Å². The minimum Gasteiger partial charge on any atom is -0.324 e. The maximum absolute atomic E-state index is 13.1. The summed E-state index contributed by atoms with van der Waals surface area (Å²) in [6, 6.07) is 13.5. The van der Waals surface area contributed by atoms with Crippen molar-refractivity contribution in [3.63, 3.8) is 0 Å². The Morgan fingerprint density at radius 2 is 1.97 bits per heavy atom. The van der Waals surface area contributed by atoms with Crippen molar-refractivity contribution in [3.05, 3.63) is 84.5 Å². The van der Waals surface area contributed by atoms with Crippen LogP contribution in [0.15, 0.2) is 73.1 Å². The summed E-state index contributed by atoms with van der Waals surface area (Å²) in [5, 5.41) is 11.1.